The molecule has 0 saturated heterocycles. The minimum Gasteiger partial charge on any atom is -0.468 e. The lowest BCUT2D eigenvalue weighted by molar-refractivity contribution is -0.162. The summed E-state index contributed by atoms with van der Waals surface area (Å²) in [5.74, 6) is -1.30. The highest BCUT2D eigenvalue weighted by atomic mass is 16.5. The monoisotopic (exact) mass is 316 g/mol. The van der Waals surface area contributed by atoms with Crippen molar-refractivity contribution < 1.29 is 23.9 Å². The molecular weight excluding hydrogens is 296 g/mol. The highest BCUT2D eigenvalue weighted by Crippen LogP contribution is 2.56. The zero-order chi connectivity index (χ0) is 17.0. The van der Waals surface area contributed by atoms with Gasteiger partial charge < -0.3 is 9.47 Å². The van der Waals surface area contributed by atoms with Gasteiger partial charge in [-0.15, -0.1) is 0 Å². The minimum absolute atomic E-state index is 0.0373. The molecule has 0 heterocycles. The standard InChI is InChI=1S/C18H20O5/c1-12(19)8-9-13-6-4-5-7-14(13)10-15-11-18(15,16(20)22-2)17(21)23-3/h4-9,15H,10-11H2,1-3H3/b9-8-. The summed E-state index contributed by atoms with van der Waals surface area (Å²) in [6, 6.07) is 7.59. The Morgan fingerprint density at radius 3 is 2.35 bits per heavy atom. The number of ketones is 1. The molecule has 1 aromatic carbocycles. The molecular formula is C18H20O5. The number of carbonyl (C=O) groups is 3. The molecule has 1 aliphatic carbocycles. The van der Waals surface area contributed by atoms with Crippen molar-refractivity contribution in [2.75, 3.05) is 14.2 Å². The molecule has 5 nitrogen and oxygen atoms in total. The van der Waals surface area contributed by atoms with Crippen LogP contribution in [0.2, 0.25) is 0 Å². The summed E-state index contributed by atoms with van der Waals surface area (Å²) in [4.78, 5) is 35.1. The average Bonchev–Trinajstić information content (AvgIpc) is 3.27. The first-order valence-electron chi connectivity index (χ1n) is 7.39. The van der Waals surface area contributed by atoms with Crippen LogP contribution in [0.4, 0.5) is 0 Å². The fourth-order valence-corrected chi connectivity index (χ4v) is 2.88. The largest absolute Gasteiger partial charge is 0.468 e. The fourth-order valence-electron chi connectivity index (χ4n) is 2.88. The third-order valence-electron chi connectivity index (χ3n) is 4.22. The van der Waals surface area contributed by atoms with E-state index < -0.39 is 17.4 Å². The molecule has 1 fully saturated rings. The predicted molar refractivity (Wildman–Crippen MR) is 84.4 cm³/mol. The van der Waals surface area contributed by atoms with Crippen LogP contribution in [-0.2, 0) is 30.3 Å². The van der Waals surface area contributed by atoms with Gasteiger partial charge in [0.15, 0.2) is 11.2 Å². The van der Waals surface area contributed by atoms with Crippen molar-refractivity contribution >= 4 is 23.8 Å². The molecule has 0 N–H and O–H groups in total. The molecule has 0 aromatic heterocycles. The lowest BCUT2D eigenvalue weighted by atomic mass is 9.96. The van der Waals surface area contributed by atoms with Crippen molar-refractivity contribution in [1.82, 2.24) is 0 Å². The van der Waals surface area contributed by atoms with Gasteiger partial charge in [-0.3, -0.25) is 14.4 Å². The summed E-state index contributed by atoms with van der Waals surface area (Å²) < 4.78 is 9.56. The molecule has 1 aliphatic rings. The van der Waals surface area contributed by atoms with E-state index in [0.717, 1.165) is 11.1 Å². The van der Waals surface area contributed by atoms with Gasteiger partial charge in [-0.25, -0.2) is 0 Å². The molecule has 1 saturated carbocycles. The summed E-state index contributed by atoms with van der Waals surface area (Å²) >= 11 is 0. The van der Waals surface area contributed by atoms with Crippen molar-refractivity contribution in [3.63, 3.8) is 0 Å². The van der Waals surface area contributed by atoms with Crippen LogP contribution in [0.3, 0.4) is 0 Å². The van der Waals surface area contributed by atoms with Gasteiger partial charge in [0.2, 0.25) is 0 Å². The van der Waals surface area contributed by atoms with Gasteiger partial charge in [-0.1, -0.05) is 30.3 Å². The summed E-state index contributed by atoms with van der Waals surface area (Å²) in [5, 5.41) is 0. The van der Waals surface area contributed by atoms with Crippen LogP contribution in [0.1, 0.15) is 24.5 Å². The summed E-state index contributed by atoms with van der Waals surface area (Å²) in [7, 11) is 2.54. The third-order valence-corrected chi connectivity index (χ3v) is 4.22. The van der Waals surface area contributed by atoms with E-state index in [1.54, 1.807) is 6.08 Å². The van der Waals surface area contributed by atoms with E-state index >= 15 is 0 Å². The third kappa shape index (κ3) is 3.33. The Labute approximate surface area is 135 Å². The summed E-state index contributed by atoms with van der Waals surface area (Å²) in [6.45, 7) is 1.49. The number of rotatable bonds is 6. The molecule has 2 rings (SSSR count). The highest BCUT2D eigenvalue weighted by molar-refractivity contribution is 6.03. The second kappa shape index (κ2) is 6.77. The zero-order valence-electron chi connectivity index (χ0n) is 13.5. The van der Waals surface area contributed by atoms with Crippen LogP contribution in [0.5, 0.6) is 0 Å². The Hall–Kier alpha value is -2.43. The summed E-state index contributed by atoms with van der Waals surface area (Å²) in [6.07, 6.45) is 4.21. The van der Waals surface area contributed by atoms with E-state index in [9.17, 15) is 14.4 Å². The Morgan fingerprint density at radius 1 is 1.17 bits per heavy atom. The van der Waals surface area contributed by atoms with Gasteiger partial charge in [0, 0.05) is 0 Å². The molecule has 0 radical (unpaired) electrons. The Morgan fingerprint density at radius 2 is 1.78 bits per heavy atom. The quantitative estimate of drug-likeness (QED) is 0.457. The average molecular weight is 316 g/mol. The first-order chi connectivity index (χ1) is 11.0. The van der Waals surface area contributed by atoms with E-state index in [1.165, 1.54) is 27.2 Å². The van der Waals surface area contributed by atoms with Crippen molar-refractivity contribution in [2.24, 2.45) is 11.3 Å². The number of benzene rings is 1. The van der Waals surface area contributed by atoms with Gasteiger partial charge in [-0.05, 0) is 42.9 Å². The normalized spacial score (nSPS) is 18.5. The number of ether oxygens (including phenoxy) is 2. The fraction of sp³-hybridized carbons (Fsp3) is 0.389. The second-order valence-corrected chi connectivity index (χ2v) is 5.70. The lowest BCUT2D eigenvalue weighted by Gasteiger charge is -2.13. The van der Waals surface area contributed by atoms with Gasteiger partial charge >= 0.3 is 11.9 Å². The topological polar surface area (TPSA) is 69.7 Å². The maximum atomic E-state index is 12.0. The maximum absolute atomic E-state index is 12.0. The van der Waals surface area contributed by atoms with Crippen molar-refractivity contribution in [1.29, 1.82) is 0 Å². The zero-order valence-corrected chi connectivity index (χ0v) is 13.5. The molecule has 1 atom stereocenters. The van der Waals surface area contributed by atoms with Crippen LogP contribution in [0.15, 0.2) is 30.3 Å². The van der Waals surface area contributed by atoms with Gasteiger partial charge in [0.25, 0.3) is 0 Å². The molecule has 122 valence electrons. The predicted octanol–water partition coefficient (Wildman–Crippen LogP) is 2.18. The Balaban J connectivity index is 2.22. The maximum Gasteiger partial charge on any atom is 0.323 e. The van der Waals surface area contributed by atoms with Crippen LogP contribution in [0, 0.1) is 11.3 Å². The van der Waals surface area contributed by atoms with Crippen LogP contribution in [0.25, 0.3) is 6.08 Å². The smallest absolute Gasteiger partial charge is 0.323 e. The van der Waals surface area contributed by atoms with E-state index in [0.29, 0.717) is 12.8 Å². The highest BCUT2D eigenvalue weighted by Gasteiger charge is 2.67. The number of methoxy groups -OCH3 is 2. The molecule has 0 bridgehead atoms. The van der Waals surface area contributed by atoms with E-state index in [1.807, 2.05) is 24.3 Å². The number of esters is 2. The van der Waals surface area contributed by atoms with Crippen LogP contribution < -0.4 is 0 Å². The molecule has 0 aliphatic heterocycles. The van der Waals surface area contributed by atoms with Crippen molar-refractivity contribution in [3.05, 3.63) is 41.5 Å². The molecule has 1 aromatic rings. The van der Waals surface area contributed by atoms with E-state index in [-0.39, 0.29) is 11.7 Å². The second-order valence-electron chi connectivity index (χ2n) is 5.70. The van der Waals surface area contributed by atoms with Crippen LogP contribution >= 0.6 is 0 Å². The van der Waals surface area contributed by atoms with Gasteiger partial charge in [0.05, 0.1) is 14.2 Å². The first kappa shape index (κ1) is 16.9. The van der Waals surface area contributed by atoms with Gasteiger partial charge in [0.1, 0.15) is 0 Å². The molecule has 0 amide bonds. The van der Waals surface area contributed by atoms with Crippen molar-refractivity contribution in [2.45, 2.75) is 19.8 Å². The van der Waals surface area contributed by atoms with Crippen molar-refractivity contribution in [3.8, 4) is 0 Å². The van der Waals surface area contributed by atoms with Gasteiger partial charge in [-0.2, -0.15) is 0 Å². The minimum atomic E-state index is -1.19. The van der Waals surface area contributed by atoms with E-state index in [4.69, 9.17) is 9.47 Å². The molecule has 0 spiro atoms. The number of hydrogen-bond donors (Lipinski definition) is 0. The summed E-state index contributed by atoms with van der Waals surface area (Å²) in [5.41, 5.74) is 0.684. The molecule has 1 unspecified atom stereocenters. The molecule has 5 heteroatoms. The van der Waals surface area contributed by atoms with E-state index in [2.05, 4.69) is 0 Å². The van der Waals surface area contributed by atoms with Crippen LogP contribution in [-0.4, -0.2) is 31.9 Å². The SMILES string of the molecule is COC(=O)C1(C(=O)OC)CC1Cc1ccccc1/C=C\C(C)=O. The Bertz CT molecular complexity index is 643. The molecule has 23 heavy (non-hydrogen) atoms. The Kier molecular flexibility index (Phi) is 4.98. The number of hydrogen-bond acceptors (Lipinski definition) is 5. The number of carbonyl (C=O) groups excluding carboxylic acids is 3. The number of allylic oxidation sites excluding steroid dienone is 1. The lowest BCUT2D eigenvalue weighted by Crippen LogP contribution is -2.30. The first-order valence-corrected chi connectivity index (χ1v) is 7.39.